The molecular formula is C28H28Cl2FN7O. The molecule has 5 rings (SSSR count). The summed E-state index contributed by atoms with van der Waals surface area (Å²) in [6.45, 7) is 11.5. The van der Waals surface area contributed by atoms with E-state index in [9.17, 15) is 9.18 Å². The van der Waals surface area contributed by atoms with Gasteiger partial charge in [0.25, 0.3) is 0 Å². The van der Waals surface area contributed by atoms with Gasteiger partial charge in [0.15, 0.2) is 5.15 Å². The third-order valence-corrected chi connectivity index (χ3v) is 7.52. The van der Waals surface area contributed by atoms with E-state index in [1.807, 2.05) is 25.7 Å². The highest BCUT2D eigenvalue weighted by Gasteiger charge is 2.35. The van der Waals surface area contributed by atoms with Crippen LogP contribution < -0.4 is 4.90 Å². The van der Waals surface area contributed by atoms with Crippen molar-refractivity contribution in [1.29, 1.82) is 0 Å². The molecule has 0 aliphatic carbocycles. The van der Waals surface area contributed by atoms with Gasteiger partial charge in [0, 0.05) is 31.2 Å². The first-order valence-electron chi connectivity index (χ1n) is 12.7. The Morgan fingerprint density at radius 2 is 1.95 bits per heavy atom. The van der Waals surface area contributed by atoms with Crippen LogP contribution in [0.4, 0.5) is 15.9 Å². The maximum Gasteiger partial charge on any atom is 0.246 e. The minimum atomic E-state index is -0.427. The van der Waals surface area contributed by atoms with Crippen LogP contribution in [0.25, 0.3) is 11.3 Å². The van der Waals surface area contributed by atoms with Crippen LogP contribution in [0.3, 0.4) is 0 Å². The number of piperazine rings is 1. The van der Waals surface area contributed by atoms with Crippen molar-refractivity contribution in [3.05, 3.63) is 76.6 Å². The largest absolute Gasteiger partial charge is 0.350 e. The number of halogens is 3. The van der Waals surface area contributed by atoms with Crippen LogP contribution in [0.5, 0.6) is 0 Å². The summed E-state index contributed by atoms with van der Waals surface area (Å²) in [6, 6.07) is 8.13. The minimum Gasteiger partial charge on any atom is -0.350 e. The zero-order chi connectivity index (χ0) is 27.8. The number of carbonyl (C=O) groups is 1. The molecule has 1 atom stereocenters. The van der Waals surface area contributed by atoms with E-state index in [-0.39, 0.29) is 29.7 Å². The van der Waals surface area contributed by atoms with Gasteiger partial charge in [-0.2, -0.15) is 0 Å². The molecule has 1 fully saturated rings. The second kappa shape index (κ2) is 10.9. The van der Waals surface area contributed by atoms with E-state index in [2.05, 4.69) is 21.4 Å². The van der Waals surface area contributed by atoms with Gasteiger partial charge < -0.3 is 14.7 Å². The number of amides is 1. The summed E-state index contributed by atoms with van der Waals surface area (Å²) in [5, 5.41) is 0.563. The van der Waals surface area contributed by atoms with Crippen molar-refractivity contribution in [2.45, 2.75) is 32.7 Å². The van der Waals surface area contributed by atoms with E-state index in [4.69, 9.17) is 33.2 Å². The summed E-state index contributed by atoms with van der Waals surface area (Å²) in [4.78, 5) is 36.6. The third kappa shape index (κ3) is 4.96. The highest BCUT2D eigenvalue weighted by Crippen LogP contribution is 2.42. The van der Waals surface area contributed by atoms with E-state index in [0.717, 1.165) is 5.69 Å². The van der Waals surface area contributed by atoms with Crippen molar-refractivity contribution in [3.8, 4) is 11.3 Å². The summed E-state index contributed by atoms with van der Waals surface area (Å²) in [6.07, 6.45) is 2.77. The van der Waals surface area contributed by atoms with Crippen LogP contribution in [0, 0.1) is 5.82 Å². The van der Waals surface area contributed by atoms with Crippen LogP contribution in [0.15, 0.2) is 54.3 Å². The highest BCUT2D eigenvalue weighted by atomic mass is 35.5. The van der Waals surface area contributed by atoms with Gasteiger partial charge in [0.05, 0.1) is 22.0 Å². The number of fused-ring (bicyclic) bond motifs is 1. The number of hydrogen-bond acceptors (Lipinski definition) is 7. The summed E-state index contributed by atoms with van der Waals surface area (Å²) < 4.78 is 14.9. The van der Waals surface area contributed by atoms with E-state index in [0.29, 0.717) is 58.8 Å². The van der Waals surface area contributed by atoms with Crippen molar-refractivity contribution in [1.82, 2.24) is 24.8 Å². The molecule has 0 radical (unpaired) electrons. The van der Waals surface area contributed by atoms with Crippen LogP contribution in [-0.2, 0) is 4.79 Å². The lowest BCUT2D eigenvalue weighted by Crippen LogP contribution is -2.56. The van der Waals surface area contributed by atoms with Crippen LogP contribution in [-0.4, -0.2) is 68.8 Å². The Hall–Kier alpha value is -3.56. The average molecular weight is 568 g/mol. The second-order valence-corrected chi connectivity index (χ2v) is 10.6. The quantitative estimate of drug-likeness (QED) is 0.298. The predicted octanol–water partition coefficient (Wildman–Crippen LogP) is 5.68. The smallest absolute Gasteiger partial charge is 0.246 e. The van der Waals surface area contributed by atoms with Crippen molar-refractivity contribution in [3.63, 3.8) is 0 Å². The molecule has 0 saturated carbocycles. The first-order chi connectivity index (χ1) is 18.7. The van der Waals surface area contributed by atoms with Crippen molar-refractivity contribution in [2.24, 2.45) is 4.99 Å². The second-order valence-electron chi connectivity index (χ2n) is 9.80. The van der Waals surface area contributed by atoms with Gasteiger partial charge in [-0.1, -0.05) is 55.8 Å². The number of amidine groups is 1. The molecule has 202 valence electrons. The number of rotatable bonds is 4. The molecular weight excluding hydrogens is 540 g/mol. The zero-order valence-corrected chi connectivity index (χ0v) is 23.4. The summed E-state index contributed by atoms with van der Waals surface area (Å²) >= 11 is 13.4. The molecule has 0 N–H and O–H groups in total. The standard InChI is InChI=1S/C28H28Cl2FN7O/c1-5-22(39)36-10-11-37(17(4)13-36)27-19-12-20(29)24(18-8-6-7-9-21(18)31)35-28(19)38(15-34-27)25-23(16(2)3)32-14-33-26(25)30/h5-9,12,14,16-17H,1,10-11,13,15H2,2-4H3/t17-/m0/s1. The molecule has 0 spiro atoms. The van der Waals surface area contributed by atoms with Gasteiger partial charge in [-0.3, -0.25) is 4.79 Å². The predicted molar refractivity (Wildman–Crippen MR) is 152 cm³/mol. The Morgan fingerprint density at radius 1 is 1.18 bits per heavy atom. The van der Waals surface area contributed by atoms with Crippen molar-refractivity contribution < 1.29 is 9.18 Å². The van der Waals surface area contributed by atoms with Gasteiger partial charge in [0.1, 0.15) is 36.2 Å². The van der Waals surface area contributed by atoms with Crippen LogP contribution in [0.1, 0.15) is 37.9 Å². The number of aliphatic imine (C=N–C) groups is 1. The molecule has 8 nitrogen and oxygen atoms in total. The van der Waals surface area contributed by atoms with E-state index in [1.54, 1.807) is 29.2 Å². The number of pyridine rings is 1. The number of nitrogens with zero attached hydrogens (tertiary/aromatic N) is 7. The van der Waals surface area contributed by atoms with Gasteiger partial charge in [-0.05, 0) is 37.1 Å². The molecule has 2 aliphatic rings. The van der Waals surface area contributed by atoms with E-state index >= 15 is 0 Å². The Bertz CT molecular complexity index is 1480. The molecule has 39 heavy (non-hydrogen) atoms. The molecule has 4 heterocycles. The molecule has 3 aromatic rings. The Kier molecular flexibility index (Phi) is 7.55. The van der Waals surface area contributed by atoms with Crippen LogP contribution in [0.2, 0.25) is 10.2 Å². The van der Waals surface area contributed by atoms with Crippen molar-refractivity contribution in [2.75, 3.05) is 31.2 Å². The minimum absolute atomic E-state index is 0.0271. The lowest BCUT2D eigenvalue weighted by Gasteiger charge is -2.43. The zero-order valence-electron chi connectivity index (χ0n) is 21.9. The Labute approximate surface area is 236 Å². The van der Waals surface area contributed by atoms with Crippen LogP contribution >= 0.6 is 23.2 Å². The summed E-state index contributed by atoms with van der Waals surface area (Å²) in [5.74, 6) is 0.746. The summed E-state index contributed by atoms with van der Waals surface area (Å²) in [5.41, 5.74) is 2.62. The Morgan fingerprint density at radius 3 is 2.64 bits per heavy atom. The topological polar surface area (TPSA) is 77.8 Å². The number of benzene rings is 1. The normalized spacial score (nSPS) is 17.3. The molecule has 0 unspecified atom stereocenters. The maximum atomic E-state index is 14.9. The third-order valence-electron chi connectivity index (χ3n) is 6.95. The number of aromatic nitrogens is 3. The summed E-state index contributed by atoms with van der Waals surface area (Å²) in [7, 11) is 0. The fourth-order valence-electron chi connectivity index (χ4n) is 5.05. The monoisotopic (exact) mass is 567 g/mol. The molecule has 0 bridgehead atoms. The lowest BCUT2D eigenvalue weighted by atomic mass is 10.0. The van der Waals surface area contributed by atoms with Gasteiger partial charge in [-0.15, -0.1) is 0 Å². The molecule has 2 aliphatic heterocycles. The first kappa shape index (κ1) is 27.0. The highest BCUT2D eigenvalue weighted by molar-refractivity contribution is 6.34. The molecule has 1 amide bonds. The SMILES string of the molecule is C=CC(=O)N1CCN(C2=NCN(c3c(Cl)ncnc3C(C)C)c3nc(-c4ccccc4F)c(Cl)cc32)[C@@H](C)C1. The van der Waals surface area contributed by atoms with Gasteiger partial charge >= 0.3 is 0 Å². The number of anilines is 2. The first-order valence-corrected chi connectivity index (χ1v) is 13.4. The van der Waals surface area contributed by atoms with Crippen molar-refractivity contribution >= 4 is 46.4 Å². The lowest BCUT2D eigenvalue weighted by molar-refractivity contribution is -0.128. The number of hydrogen-bond donors (Lipinski definition) is 0. The molecule has 2 aromatic heterocycles. The van der Waals surface area contributed by atoms with E-state index in [1.165, 1.54) is 18.5 Å². The molecule has 11 heteroatoms. The average Bonchev–Trinajstić information content (AvgIpc) is 2.92. The maximum absolute atomic E-state index is 14.9. The fraction of sp³-hybridized carbons (Fsp3) is 0.321. The van der Waals surface area contributed by atoms with Gasteiger partial charge in [0.2, 0.25) is 5.91 Å². The fourth-order valence-corrected chi connectivity index (χ4v) is 5.54. The van der Waals surface area contributed by atoms with Gasteiger partial charge in [-0.25, -0.2) is 24.3 Å². The molecule has 1 aromatic carbocycles. The van der Waals surface area contributed by atoms with E-state index < -0.39 is 5.82 Å². The molecule has 1 saturated heterocycles. The Balaban J connectivity index is 1.66. The number of carbonyl (C=O) groups excluding carboxylic acids is 1.